The van der Waals surface area contributed by atoms with Gasteiger partial charge in [-0.15, -0.1) is 0 Å². The maximum Gasteiger partial charge on any atom is 0.257 e. The summed E-state index contributed by atoms with van der Waals surface area (Å²) in [6.45, 7) is 2.90. The Morgan fingerprint density at radius 1 is 1.00 bits per heavy atom. The van der Waals surface area contributed by atoms with Crippen LogP contribution in [0.2, 0.25) is 0 Å². The molecule has 0 saturated carbocycles. The number of ether oxygens (including phenoxy) is 1. The van der Waals surface area contributed by atoms with Crippen LogP contribution >= 0.6 is 0 Å². The minimum Gasteiger partial charge on any atom is -0.378 e. The molecule has 29 heavy (non-hydrogen) atoms. The Morgan fingerprint density at radius 3 is 2.59 bits per heavy atom. The molecule has 0 unspecified atom stereocenters. The van der Waals surface area contributed by atoms with E-state index in [2.05, 4.69) is 30.5 Å². The molecule has 4 heterocycles. The minimum absolute atomic E-state index is 0.299. The van der Waals surface area contributed by atoms with Gasteiger partial charge >= 0.3 is 0 Å². The molecule has 0 spiro atoms. The first-order valence-electron chi connectivity index (χ1n) is 9.12. The zero-order valence-electron chi connectivity index (χ0n) is 15.5. The average molecular weight is 394 g/mol. The van der Waals surface area contributed by atoms with Gasteiger partial charge in [0.2, 0.25) is 0 Å². The third kappa shape index (κ3) is 4.64. The fourth-order valence-corrected chi connectivity index (χ4v) is 2.89. The molecular formula is C20H19FN6O2. The van der Waals surface area contributed by atoms with Crippen molar-refractivity contribution in [3.05, 3.63) is 66.5 Å². The Balaban J connectivity index is 1.46. The van der Waals surface area contributed by atoms with Crippen LogP contribution in [-0.4, -0.2) is 47.2 Å². The molecule has 1 fully saturated rings. The summed E-state index contributed by atoms with van der Waals surface area (Å²) in [7, 11) is 0. The third-order valence-corrected chi connectivity index (χ3v) is 4.40. The van der Waals surface area contributed by atoms with Crippen molar-refractivity contribution in [2.75, 3.05) is 41.8 Å². The highest BCUT2D eigenvalue weighted by atomic mass is 19.1. The zero-order valence-corrected chi connectivity index (χ0v) is 15.5. The van der Waals surface area contributed by atoms with Gasteiger partial charge in [-0.3, -0.25) is 9.78 Å². The maximum atomic E-state index is 13.0. The van der Waals surface area contributed by atoms with E-state index in [-0.39, 0.29) is 5.91 Å². The molecule has 4 rings (SSSR count). The number of morpholine rings is 1. The molecule has 2 N–H and O–H groups in total. The number of anilines is 4. The third-order valence-electron chi connectivity index (χ3n) is 4.40. The van der Waals surface area contributed by atoms with Crippen LogP contribution in [-0.2, 0) is 4.74 Å². The Morgan fingerprint density at radius 2 is 1.86 bits per heavy atom. The summed E-state index contributed by atoms with van der Waals surface area (Å²) in [5.74, 6) is 0.528. The highest BCUT2D eigenvalue weighted by molar-refractivity contribution is 6.05. The van der Waals surface area contributed by atoms with E-state index in [9.17, 15) is 9.18 Å². The van der Waals surface area contributed by atoms with Gasteiger partial charge in [-0.25, -0.2) is 14.4 Å². The molecule has 1 saturated heterocycles. The van der Waals surface area contributed by atoms with Crippen molar-refractivity contribution in [2.45, 2.75) is 0 Å². The highest BCUT2D eigenvalue weighted by Gasteiger charge is 2.14. The van der Waals surface area contributed by atoms with Gasteiger partial charge in [0.05, 0.1) is 42.5 Å². The van der Waals surface area contributed by atoms with Crippen LogP contribution in [0.5, 0.6) is 0 Å². The topological polar surface area (TPSA) is 92.3 Å². The van der Waals surface area contributed by atoms with Gasteiger partial charge in [0, 0.05) is 25.5 Å². The highest BCUT2D eigenvalue weighted by Crippen LogP contribution is 2.24. The molecule has 3 aromatic rings. The Hall–Kier alpha value is -3.59. The first-order valence-corrected chi connectivity index (χ1v) is 9.12. The summed E-state index contributed by atoms with van der Waals surface area (Å²) in [6, 6.07) is 8.03. The fraction of sp³-hybridized carbons (Fsp3) is 0.200. The smallest absolute Gasteiger partial charge is 0.257 e. The molecule has 0 atom stereocenters. The van der Waals surface area contributed by atoms with Crippen LogP contribution in [0.1, 0.15) is 10.4 Å². The summed E-state index contributed by atoms with van der Waals surface area (Å²) < 4.78 is 18.4. The van der Waals surface area contributed by atoms with Gasteiger partial charge in [0.25, 0.3) is 5.91 Å². The first-order chi connectivity index (χ1) is 14.2. The average Bonchev–Trinajstić information content (AvgIpc) is 2.77. The standard InChI is InChI=1S/C20H19FN6O2/c21-15-2-3-18(23-12-15)25-17-13-22-6-5-16(17)26-20(28)14-1-4-19(24-11-14)27-7-9-29-10-8-27/h1-6,11-13H,7-10H2,(H,23,25)(H,22,26,28). The molecule has 9 heteroatoms. The molecule has 0 aliphatic carbocycles. The van der Waals surface area contributed by atoms with Crippen LogP contribution in [0.4, 0.5) is 27.4 Å². The van der Waals surface area contributed by atoms with Crippen molar-refractivity contribution in [1.82, 2.24) is 15.0 Å². The van der Waals surface area contributed by atoms with Crippen LogP contribution in [0, 0.1) is 5.82 Å². The number of aromatic nitrogens is 3. The zero-order chi connectivity index (χ0) is 20.1. The number of nitrogens with one attached hydrogen (secondary N) is 2. The molecule has 148 valence electrons. The molecule has 0 bridgehead atoms. The van der Waals surface area contributed by atoms with Crippen LogP contribution in [0.3, 0.4) is 0 Å². The van der Waals surface area contributed by atoms with E-state index in [1.165, 1.54) is 12.1 Å². The van der Waals surface area contributed by atoms with Crippen molar-refractivity contribution in [1.29, 1.82) is 0 Å². The van der Waals surface area contributed by atoms with Crippen LogP contribution in [0.15, 0.2) is 55.1 Å². The van der Waals surface area contributed by atoms with E-state index in [1.54, 1.807) is 30.7 Å². The molecule has 3 aromatic heterocycles. The largest absolute Gasteiger partial charge is 0.378 e. The molecule has 0 aromatic carbocycles. The lowest BCUT2D eigenvalue weighted by atomic mass is 10.2. The SMILES string of the molecule is O=C(Nc1ccncc1Nc1ccc(F)cn1)c1ccc(N2CCOCC2)nc1. The predicted molar refractivity (Wildman–Crippen MR) is 107 cm³/mol. The van der Waals surface area contributed by atoms with Crippen molar-refractivity contribution < 1.29 is 13.9 Å². The van der Waals surface area contributed by atoms with Gasteiger partial charge in [-0.2, -0.15) is 0 Å². The van der Waals surface area contributed by atoms with Crippen molar-refractivity contribution in [3.63, 3.8) is 0 Å². The van der Waals surface area contributed by atoms with Gasteiger partial charge < -0.3 is 20.3 Å². The second kappa shape index (κ2) is 8.61. The molecule has 1 aliphatic heterocycles. The second-order valence-corrected chi connectivity index (χ2v) is 6.37. The Bertz CT molecular complexity index is 975. The second-order valence-electron chi connectivity index (χ2n) is 6.37. The van der Waals surface area contributed by atoms with E-state index in [0.717, 1.165) is 25.1 Å². The molecular weight excluding hydrogens is 375 g/mol. The summed E-state index contributed by atoms with van der Waals surface area (Å²) in [6.07, 6.45) is 5.79. The Labute approximate surface area is 166 Å². The number of carbonyl (C=O) groups is 1. The summed E-state index contributed by atoms with van der Waals surface area (Å²) in [4.78, 5) is 27.2. The van der Waals surface area contributed by atoms with E-state index >= 15 is 0 Å². The van der Waals surface area contributed by atoms with Gasteiger partial charge in [0.15, 0.2) is 0 Å². The minimum atomic E-state index is -0.428. The van der Waals surface area contributed by atoms with Crippen LogP contribution < -0.4 is 15.5 Å². The number of hydrogen-bond donors (Lipinski definition) is 2. The first kappa shape index (κ1) is 18.8. The molecule has 1 amide bonds. The Kier molecular flexibility index (Phi) is 5.57. The number of rotatable bonds is 5. The van der Waals surface area contributed by atoms with Crippen molar-refractivity contribution in [2.24, 2.45) is 0 Å². The monoisotopic (exact) mass is 394 g/mol. The number of nitrogens with zero attached hydrogens (tertiary/aromatic N) is 4. The van der Waals surface area contributed by atoms with E-state index in [1.807, 2.05) is 6.07 Å². The number of hydrogen-bond acceptors (Lipinski definition) is 7. The summed E-state index contributed by atoms with van der Waals surface area (Å²) in [5, 5.41) is 5.86. The molecule has 1 aliphatic rings. The lowest BCUT2D eigenvalue weighted by Gasteiger charge is -2.27. The van der Waals surface area contributed by atoms with Gasteiger partial charge in [-0.1, -0.05) is 0 Å². The van der Waals surface area contributed by atoms with Crippen LogP contribution in [0.25, 0.3) is 0 Å². The number of halogens is 1. The van der Waals surface area contributed by atoms with Crippen molar-refractivity contribution >= 4 is 28.9 Å². The molecule has 8 nitrogen and oxygen atoms in total. The normalized spacial score (nSPS) is 13.8. The van der Waals surface area contributed by atoms with Crippen molar-refractivity contribution in [3.8, 4) is 0 Å². The van der Waals surface area contributed by atoms with E-state index < -0.39 is 5.82 Å². The number of carbonyl (C=O) groups excluding carboxylic acids is 1. The summed E-state index contributed by atoms with van der Waals surface area (Å²) in [5.41, 5.74) is 1.50. The lowest BCUT2D eigenvalue weighted by molar-refractivity contribution is 0.102. The summed E-state index contributed by atoms with van der Waals surface area (Å²) >= 11 is 0. The van der Waals surface area contributed by atoms with E-state index in [0.29, 0.717) is 36.0 Å². The molecule has 0 radical (unpaired) electrons. The maximum absolute atomic E-state index is 13.0. The number of amides is 1. The number of pyridine rings is 3. The van der Waals surface area contributed by atoms with E-state index in [4.69, 9.17) is 4.74 Å². The quantitative estimate of drug-likeness (QED) is 0.687. The lowest BCUT2D eigenvalue weighted by Crippen LogP contribution is -2.36. The van der Waals surface area contributed by atoms with Gasteiger partial charge in [-0.05, 0) is 30.3 Å². The predicted octanol–water partition coefficient (Wildman–Crippen LogP) is 2.84. The fourth-order valence-electron chi connectivity index (χ4n) is 2.89. The van der Waals surface area contributed by atoms with Gasteiger partial charge in [0.1, 0.15) is 17.5 Å².